The molecule has 0 radical (unpaired) electrons. The van der Waals surface area contributed by atoms with Crippen molar-refractivity contribution in [1.29, 1.82) is 0 Å². The highest BCUT2D eigenvalue weighted by atomic mass is 35.5. The lowest BCUT2D eigenvalue weighted by Gasteiger charge is -2.13. The normalized spacial score (nSPS) is 9.22. The number of hydrogen-bond acceptors (Lipinski definition) is 3. The average Bonchev–Trinajstić information content (AvgIpc) is 1.90. The van der Waals surface area contributed by atoms with E-state index in [4.69, 9.17) is 11.6 Å². The molecule has 54 valence electrons. The molecule has 0 aliphatic rings. The minimum Gasteiger partial charge on any atom is -0.269 e. The number of nitrogens with zero attached hydrogens (tertiary/aromatic N) is 1. The Morgan fingerprint density at radius 2 is 2.00 bits per heavy atom. The molecule has 0 saturated heterocycles. The van der Waals surface area contributed by atoms with Crippen LogP contribution in [0.2, 0.25) is 0 Å². The van der Waals surface area contributed by atoms with E-state index in [-0.39, 0.29) is 5.88 Å². The summed E-state index contributed by atoms with van der Waals surface area (Å²) < 4.78 is 0. The van der Waals surface area contributed by atoms with Crippen LogP contribution in [0, 0.1) is 0 Å². The smallest absolute Gasteiger partial charge is 0.269 e. The monoisotopic (exact) mass is 153 g/mol. The molecule has 0 aromatic carbocycles. The van der Waals surface area contributed by atoms with Crippen LogP contribution in [-0.2, 0) is 14.5 Å². The first-order chi connectivity index (χ1) is 4.26. The van der Waals surface area contributed by atoms with E-state index in [1.165, 1.54) is 14.2 Å². The summed E-state index contributed by atoms with van der Waals surface area (Å²) in [6.45, 7) is 0. The van der Waals surface area contributed by atoms with Crippen LogP contribution in [0.5, 0.6) is 0 Å². The number of carbonyl (C=O) groups excluding carboxylic acids is 1. The van der Waals surface area contributed by atoms with E-state index >= 15 is 0 Å². The van der Waals surface area contributed by atoms with Gasteiger partial charge in [0.2, 0.25) is 0 Å². The first kappa shape index (κ1) is 8.68. The summed E-state index contributed by atoms with van der Waals surface area (Å²) in [5.74, 6) is -0.580. The zero-order valence-electron chi connectivity index (χ0n) is 5.26. The third-order valence-electron chi connectivity index (χ3n) is 0.650. The maximum atomic E-state index is 10.5. The number of amides is 1. The zero-order valence-corrected chi connectivity index (χ0v) is 6.01. The van der Waals surface area contributed by atoms with Gasteiger partial charge in [0.15, 0.2) is 0 Å². The van der Waals surface area contributed by atoms with Crippen molar-refractivity contribution in [2.45, 2.75) is 0 Å². The molecule has 0 atom stereocenters. The standard InChI is InChI=1S/C4H8ClNO3/c1-8-6(9-2)4(7)3-5/h3H2,1-2H3. The molecular weight excluding hydrogens is 146 g/mol. The van der Waals surface area contributed by atoms with Gasteiger partial charge in [-0.25, -0.2) is 9.68 Å². The Morgan fingerprint density at radius 3 is 2.11 bits per heavy atom. The van der Waals surface area contributed by atoms with Crippen LogP contribution in [0.15, 0.2) is 0 Å². The van der Waals surface area contributed by atoms with Crippen molar-refractivity contribution in [2.75, 3.05) is 20.1 Å². The second kappa shape index (κ2) is 4.55. The van der Waals surface area contributed by atoms with Crippen molar-refractivity contribution < 1.29 is 14.5 Å². The fourth-order valence-corrected chi connectivity index (χ4v) is 0.425. The van der Waals surface area contributed by atoms with Crippen LogP contribution < -0.4 is 0 Å². The first-order valence-electron chi connectivity index (χ1n) is 2.23. The van der Waals surface area contributed by atoms with Gasteiger partial charge in [-0.3, -0.25) is 4.79 Å². The lowest BCUT2D eigenvalue weighted by molar-refractivity contribution is -0.315. The molecule has 1 amide bonds. The Labute approximate surface area is 58.2 Å². The molecule has 0 aliphatic carbocycles. The maximum absolute atomic E-state index is 10.5. The lowest BCUT2D eigenvalue weighted by atomic mass is 10.7. The van der Waals surface area contributed by atoms with Crippen LogP contribution >= 0.6 is 11.6 Å². The van der Waals surface area contributed by atoms with Gasteiger partial charge in [-0.2, -0.15) is 0 Å². The van der Waals surface area contributed by atoms with Crippen LogP contribution in [0.3, 0.4) is 0 Å². The SMILES string of the molecule is CON(OC)C(=O)CCl. The van der Waals surface area contributed by atoms with Crippen LogP contribution in [-0.4, -0.2) is 31.2 Å². The van der Waals surface area contributed by atoms with Crippen LogP contribution in [0.25, 0.3) is 0 Å². The van der Waals surface area contributed by atoms with Gasteiger partial charge in [0.05, 0.1) is 14.2 Å². The van der Waals surface area contributed by atoms with Crippen LogP contribution in [0.4, 0.5) is 0 Å². The lowest BCUT2D eigenvalue weighted by Crippen LogP contribution is -2.29. The molecular formula is C4H8ClNO3. The first-order valence-corrected chi connectivity index (χ1v) is 2.76. The van der Waals surface area contributed by atoms with Crippen molar-refractivity contribution in [1.82, 2.24) is 5.23 Å². The van der Waals surface area contributed by atoms with E-state index in [0.29, 0.717) is 5.23 Å². The van der Waals surface area contributed by atoms with Gasteiger partial charge in [-0.15, -0.1) is 11.6 Å². The molecule has 4 nitrogen and oxygen atoms in total. The molecule has 0 aromatic rings. The summed E-state index contributed by atoms with van der Waals surface area (Å²) in [7, 11) is 2.63. The van der Waals surface area contributed by atoms with Gasteiger partial charge < -0.3 is 0 Å². The molecule has 5 heteroatoms. The molecule has 0 fully saturated rings. The number of alkyl halides is 1. The zero-order chi connectivity index (χ0) is 7.28. The molecule has 0 N–H and O–H groups in total. The Morgan fingerprint density at radius 1 is 1.56 bits per heavy atom. The minimum atomic E-state index is -0.429. The Kier molecular flexibility index (Phi) is 4.39. The van der Waals surface area contributed by atoms with E-state index < -0.39 is 5.91 Å². The maximum Gasteiger partial charge on any atom is 0.288 e. The topological polar surface area (TPSA) is 38.8 Å². The molecule has 0 rings (SSSR count). The van der Waals surface area contributed by atoms with Gasteiger partial charge in [-0.05, 0) is 0 Å². The molecule has 0 aromatic heterocycles. The molecule has 0 bridgehead atoms. The average molecular weight is 154 g/mol. The highest BCUT2D eigenvalue weighted by Crippen LogP contribution is 1.90. The van der Waals surface area contributed by atoms with Crippen LogP contribution in [0.1, 0.15) is 0 Å². The minimum absolute atomic E-state index is 0.151. The Hall–Kier alpha value is -0.320. The summed E-state index contributed by atoms with van der Waals surface area (Å²) >= 11 is 5.15. The van der Waals surface area contributed by atoms with Crippen molar-refractivity contribution >= 4 is 17.5 Å². The van der Waals surface area contributed by atoms with Gasteiger partial charge in [0.1, 0.15) is 5.88 Å². The van der Waals surface area contributed by atoms with E-state index in [0.717, 1.165) is 0 Å². The number of carbonyl (C=O) groups is 1. The second-order valence-electron chi connectivity index (χ2n) is 1.15. The van der Waals surface area contributed by atoms with Gasteiger partial charge in [-0.1, -0.05) is 5.23 Å². The van der Waals surface area contributed by atoms with Crippen molar-refractivity contribution in [3.63, 3.8) is 0 Å². The third-order valence-corrected chi connectivity index (χ3v) is 0.878. The molecule has 9 heavy (non-hydrogen) atoms. The predicted octanol–water partition coefficient (Wildman–Crippen LogP) is 0.177. The molecule has 0 unspecified atom stereocenters. The van der Waals surface area contributed by atoms with E-state index in [9.17, 15) is 4.79 Å². The quantitative estimate of drug-likeness (QED) is 0.429. The van der Waals surface area contributed by atoms with Crippen molar-refractivity contribution in [2.24, 2.45) is 0 Å². The third kappa shape index (κ3) is 2.64. The fourth-order valence-electron chi connectivity index (χ4n) is 0.327. The number of rotatable bonds is 3. The molecule has 0 spiro atoms. The predicted molar refractivity (Wildman–Crippen MR) is 31.6 cm³/mol. The molecule has 0 saturated carbocycles. The van der Waals surface area contributed by atoms with Gasteiger partial charge in [0, 0.05) is 0 Å². The van der Waals surface area contributed by atoms with E-state index in [2.05, 4.69) is 9.68 Å². The number of hydroxylamine groups is 2. The van der Waals surface area contributed by atoms with Crippen molar-refractivity contribution in [3.8, 4) is 0 Å². The Bertz CT molecular complexity index is 93.8. The highest BCUT2D eigenvalue weighted by molar-refractivity contribution is 6.27. The summed E-state index contributed by atoms with van der Waals surface area (Å²) in [6, 6.07) is 0. The summed E-state index contributed by atoms with van der Waals surface area (Å²) in [4.78, 5) is 19.4. The molecule has 0 aliphatic heterocycles. The molecule has 0 heterocycles. The Balaban J connectivity index is 3.64. The fraction of sp³-hybridized carbons (Fsp3) is 0.750. The second-order valence-corrected chi connectivity index (χ2v) is 1.42. The summed E-state index contributed by atoms with van der Waals surface area (Å²) in [5.41, 5.74) is 0. The highest BCUT2D eigenvalue weighted by Gasteiger charge is 2.09. The van der Waals surface area contributed by atoms with Gasteiger partial charge in [0.25, 0.3) is 5.91 Å². The number of hydrogen-bond donors (Lipinski definition) is 0. The largest absolute Gasteiger partial charge is 0.288 e. The summed E-state index contributed by atoms with van der Waals surface area (Å²) in [5, 5.41) is 0.701. The van der Waals surface area contributed by atoms with E-state index in [1.54, 1.807) is 0 Å². The van der Waals surface area contributed by atoms with Crippen molar-refractivity contribution in [3.05, 3.63) is 0 Å². The summed E-state index contributed by atoms with van der Waals surface area (Å²) in [6.07, 6.45) is 0. The van der Waals surface area contributed by atoms with Gasteiger partial charge >= 0.3 is 0 Å². The number of halogens is 1. The van der Waals surface area contributed by atoms with E-state index in [1.807, 2.05) is 0 Å².